The zero-order chi connectivity index (χ0) is 18.5. The third-order valence-electron chi connectivity index (χ3n) is 4.56. The summed E-state index contributed by atoms with van der Waals surface area (Å²) in [6, 6.07) is 8.15. The summed E-state index contributed by atoms with van der Waals surface area (Å²) in [6.07, 6.45) is 1.53. The van der Waals surface area contributed by atoms with Gasteiger partial charge in [-0.15, -0.1) is 11.3 Å². The fourth-order valence-electron chi connectivity index (χ4n) is 3.39. The summed E-state index contributed by atoms with van der Waals surface area (Å²) in [4.78, 5) is 13.0. The van der Waals surface area contributed by atoms with E-state index in [1.54, 1.807) is 28.8 Å². The maximum absolute atomic E-state index is 13.2. The molecule has 0 bridgehead atoms. The third-order valence-corrected chi connectivity index (χ3v) is 8.00. The highest BCUT2D eigenvalue weighted by atomic mass is 35.5. The van der Waals surface area contributed by atoms with Crippen molar-refractivity contribution in [3.8, 4) is 0 Å². The number of hydrogen-bond acceptors (Lipinski definition) is 5. The zero-order valence-corrected chi connectivity index (χ0v) is 16.6. The summed E-state index contributed by atoms with van der Waals surface area (Å²) in [5.41, 5.74) is 0.372. The number of para-hydroxylation sites is 2. The van der Waals surface area contributed by atoms with Gasteiger partial charge in [0.2, 0.25) is 0 Å². The van der Waals surface area contributed by atoms with Crippen molar-refractivity contribution >= 4 is 55.6 Å². The van der Waals surface area contributed by atoms with Crippen LogP contribution in [-0.4, -0.2) is 30.0 Å². The van der Waals surface area contributed by atoms with E-state index in [1.807, 2.05) is 0 Å². The number of thiophene rings is 1. The van der Waals surface area contributed by atoms with E-state index in [0.717, 1.165) is 41.2 Å². The van der Waals surface area contributed by atoms with Crippen LogP contribution in [0.5, 0.6) is 0 Å². The van der Waals surface area contributed by atoms with Crippen LogP contribution in [0, 0.1) is 0 Å². The minimum atomic E-state index is -4.16. The van der Waals surface area contributed by atoms with E-state index in [2.05, 4.69) is 5.32 Å². The van der Waals surface area contributed by atoms with Crippen molar-refractivity contribution in [3.05, 3.63) is 49.5 Å². The fraction of sp³-hybridized carbons (Fsp3) is 0.312. The lowest BCUT2D eigenvalue weighted by Crippen LogP contribution is -2.36. The van der Waals surface area contributed by atoms with Crippen LogP contribution in [0.3, 0.4) is 0 Å². The van der Waals surface area contributed by atoms with Crippen LogP contribution < -0.4 is 11.0 Å². The van der Waals surface area contributed by atoms with Crippen LogP contribution in [-0.2, 0) is 10.0 Å². The molecule has 0 aliphatic carbocycles. The molecule has 1 aliphatic heterocycles. The number of benzene rings is 1. The van der Waals surface area contributed by atoms with Crippen molar-refractivity contribution in [1.29, 1.82) is 0 Å². The van der Waals surface area contributed by atoms with Gasteiger partial charge in [-0.1, -0.05) is 35.3 Å². The Hall–Kier alpha value is -1.32. The summed E-state index contributed by atoms with van der Waals surface area (Å²) < 4.78 is 29.1. The molecule has 4 rings (SSSR count). The van der Waals surface area contributed by atoms with Crippen molar-refractivity contribution < 1.29 is 8.42 Å². The van der Waals surface area contributed by atoms with Crippen molar-refractivity contribution in [3.63, 3.8) is 0 Å². The number of aromatic nitrogens is 2. The van der Waals surface area contributed by atoms with E-state index < -0.39 is 15.7 Å². The summed E-state index contributed by atoms with van der Waals surface area (Å²) in [6.45, 7) is 1.57. The second kappa shape index (κ2) is 6.69. The van der Waals surface area contributed by atoms with Crippen LogP contribution in [0.25, 0.3) is 11.0 Å². The molecule has 10 heteroatoms. The molecule has 138 valence electrons. The molecule has 1 aromatic carbocycles. The van der Waals surface area contributed by atoms with Gasteiger partial charge < -0.3 is 5.32 Å². The zero-order valence-electron chi connectivity index (χ0n) is 13.5. The Labute approximate surface area is 164 Å². The Morgan fingerprint density at radius 2 is 1.77 bits per heavy atom. The molecule has 1 N–H and O–H groups in total. The molecule has 0 amide bonds. The minimum absolute atomic E-state index is 0.0422. The minimum Gasteiger partial charge on any atom is -0.317 e. The quantitative estimate of drug-likeness (QED) is 0.689. The molecule has 1 fully saturated rings. The van der Waals surface area contributed by atoms with Crippen LogP contribution in [0.1, 0.15) is 18.9 Å². The van der Waals surface area contributed by atoms with Gasteiger partial charge in [0.1, 0.15) is 9.23 Å². The Morgan fingerprint density at radius 3 is 2.38 bits per heavy atom. The van der Waals surface area contributed by atoms with E-state index in [4.69, 9.17) is 23.2 Å². The Bertz CT molecular complexity index is 1140. The predicted octanol–water partition coefficient (Wildman–Crippen LogP) is 3.33. The SMILES string of the molecule is O=c1n(C2CCNCC2)c2ccccc2n1S(=O)(=O)c1cc(Cl)sc1Cl. The predicted molar refractivity (Wildman–Crippen MR) is 104 cm³/mol. The van der Waals surface area contributed by atoms with E-state index in [1.165, 1.54) is 6.07 Å². The molecule has 2 aromatic heterocycles. The first-order valence-corrected chi connectivity index (χ1v) is 11.1. The first-order valence-electron chi connectivity index (χ1n) is 8.04. The molecular formula is C16H15Cl2N3O3S2. The average Bonchev–Trinajstić information content (AvgIpc) is 3.11. The maximum atomic E-state index is 13.2. The maximum Gasteiger partial charge on any atom is 0.343 e. The number of fused-ring (bicyclic) bond motifs is 1. The molecule has 1 saturated heterocycles. The van der Waals surface area contributed by atoms with Gasteiger partial charge in [0.15, 0.2) is 0 Å². The third kappa shape index (κ3) is 2.80. The molecule has 0 radical (unpaired) electrons. The second-order valence-corrected chi connectivity index (χ2v) is 10.1. The largest absolute Gasteiger partial charge is 0.343 e. The fourth-order valence-corrected chi connectivity index (χ4v) is 6.91. The van der Waals surface area contributed by atoms with Crippen molar-refractivity contribution in [2.45, 2.75) is 23.8 Å². The topological polar surface area (TPSA) is 73.1 Å². The Morgan fingerprint density at radius 1 is 1.12 bits per heavy atom. The Balaban J connectivity index is 2.01. The monoisotopic (exact) mass is 431 g/mol. The molecule has 0 spiro atoms. The van der Waals surface area contributed by atoms with E-state index in [9.17, 15) is 13.2 Å². The summed E-state index contributed by atoms with van der Waals surface area (Å²) in [7, 11) is -4.16. The number of nitrogens with zero attached hydrogens (tertiary/aromatic N) is 2. The molecule has 0 atom stereocenters. The van der Waals surface area contributed by atoms with Crippen LogP contribution in [0.4, 0.5) is 0 Å². The molecule has 3 heterocycles. The van der Waals surface area contributed by atoms with Crippen LogP contribution >= 0.6 is 34.5 Å². The summed E-state index contributed by atoms with van der Waals surface area (Å²) in [5, 5.41) is 3.25. The highest BCUT2D eigenvalue weighted by molar-refractivity contribution is 7.90. The summed E-state index contributed by atoms with van der Waals surface area (Å²) in [5.74, 6) is 0. The smallest absolute Gasteiger partial charge is 0.317 e. The van der Waals surface area contributed by atoms with Gasteiger partial charge >= 0.3 is 5.69 Å². The highest BCUT2D eigenvalue weighted by Gasteiger charge is 2.31. The van der Waals surface area contributed by atoms with Gasteiger partial charge in [0, 0.05) is 6.04 Å². The van der Waals surface area contributed by atoms with Crippen molar-refractivity contribution in [2.24, 2.45) is 0 Å². The Kier molecular flexibility index (Phi) is 4.65. The molecule has 0 saturated carbocycles. The van der Waals surface area contributed by atoms with Crippen molar-refractivity contribution in [2.75, 3.05) is 13.1 Å². The summed E-state index contributed by atoms with van der Waals surface area (Å²) >= 11 is 12.9. The number of halogens is 2. The van der Waals surface area contributed by atoms with Gasteiger partial charge in [-0.25, -0.2) is 13.2 Å². The number of imidazole rings is 1. The van der Waals surface area contributed by atoms with E-state index >= 15 is 0 Å². The first kappa shape index (κ1) is 18.1. The highest BCUT2D eigenvalue weighted by Crippen LogP contribution is 2.36. The van der Waals surface area contributed by atoms with Crippen LogP contribution in [0.2, 0.25) is 8.67 Å². The van der Waals surface area contributed by atoms with E-state index in [-0.39, 0.29) is 19.6 Å². The van der Waals surface area contributed by atoms with Gasteiger partial charge in [-0.3, -0.25) is 4.57 Å². The number of nitrogens with one attached hydrogen (secondary N) is 1. The van der Waals surface area contributed by atoms with Gasteiger partial charge in [0.05, 0.1) is 15.4 Å². The molecule has 3 aromatic rings. The van der Waals surface area contributed by atoms with Crippen molar-refractivity contribution in [1.82, 2.24) is 13.9 Å². The molecule has 1 aliphatic rings. The number of hydrogen-bond donors (Lipinski definition) is 1. The second-order valence-electron chi connectivity index (χ2n) is 6.08. The molecule has 6 nitrogen and oxygen atoms in total. The van der Waals surface area contributed by atoms with Crippen LogP contribution in [0.15, 0.2) is 40.0 Å². The van der Waals surface area contributed by atoms with Gasteiger partial charge in [-0.05, 0) is 44.1 Å². The van der Waals surface area contributed by atoms with Gasteiger partial charge in [0.25, 0.3) is 10.0 Å². The average molecular weight is 432 g/mol. The molecule has 0 unspecified atom stereocenters. The standard InChI is InChI=1S/C16H15Cl2N3O3S2/c17-14-9-13(15(18)25-14)26(23,24)21-12-4-2-1-3-11(12)20(16(21)22)10-5-7-19-8-6-10/h1-4,9-10,19H,5-8H2. The lowest BCUT2D eigenvalue weighted by atomic mass is 10.1. The normalized spacial score (nSPS) is 16.4. The number of rotatable bonds is 3. The van der Waals surface area contributed by atoms with Gasteiger partial charge in [-0.2, -0.15) is 3.97 Å². The molecule has 26 heavy (non-hydrogen) atoms. The lowest BCUT2D eigenvalue weighted by Gasteiger charge is -2.23. The lowest BCUT2D eigenvalue weighted by molar-refractivity contribution is 0.367. The molecular weight excluding hydrogens is 417 g/mol. The number of piperidine rings is 1. The first-order chi connectivity index (χ1) is 12.4. The van der Waals surface area contributed by atoms with E-state index in [0.29, 0.717) is 11.0 Å².